The van der Waals surface area contributed by atoms with Crippen molar-refractivity contribution in [3.05, 3.63) is 65.3 Å². The van der Waals surface area contributed by atoms with Crippen molar-refractivity contribution in [2.24, 2.45) is 0 Å². The highest BCUT2D eigenvalue weighted by Crippen LogP contribution is 2.29. The zero-order chi connectivity index (χ0) is 19.9. The van der Waals surface area contributed by atoms with E-state index in [0.717, 1.165) is 22.9 Å². The van der Waals surface area contributed by atoms with Crippen molar-refractivity contribution in [3.63, 3.8) is 0 Å². The third-order valence-electron chi connectivity index (χ3n) is 4.84. The topological polar surface area (TPSA) is 72.1 Å². The Labute approximate surface area is 164 Å². The van der Waals surface area contributed by atoms with Gasteiger partial charge in [-0.05, 0) is 6.92 Å². The van der Waals surface area contributed by atoms with Crippen LogP contribution in [0.2, 0.25) is 0 Å². The fourth-order valence-electron chi connectivity index (χ4n) is 3.31. The molecule has 4 rings (SSSR count). The average molecular weight is 376 g/mol. The molecule has 144 valence electrons. The maximum absolute atomic E-state index is 13.3. The SMILES string of the molecule is Cc1ncc(C(=O)N2CCc3oc(C(C)(C)C)nc3C2)c(-c2ccccc2)n1. The fourth-order valence-corrected chi connectivity index (χ4v) is 3.31. The van der Waals surface area contributed by atoms with Crippen molar-refractivity contribution in [2.75, 3.05) is 6.54 Å². The number of carbonyl (C=O) groups excluding carboxylic acids is 1. The quantitative estimate of drug-likeness (QED) is 0.677. The molecular weight excluding hydrogens is 352 g/mol. The van der Waals surface area contributed by atoms with E-state index < -0.39 is 0 Å². The van der Waals surface area contributed by atoms with E-state index in [2.05, 4.69) is 35.7 Å². The molecule has 1 amide bonds. The Morgan fingerprint density at radius 1 is 1.14 bits per heavy atom. The van der Waals surface area contributed by atoms with E-state index in [-0.39, 0.29) is 11.3 Å². The number of oxazole rings is 1. The van der Waals surface area contributed by atoms with Crippen LogP contribution in [0.25, 0.3) is 11.3 Å². The number of hydrogen-bond donors (Lipinski definition) is 0. The number of carbonyl (C=O) groups is 1. The van der Waals surface area contributed by atoms with E-state index in [1.54, 1.807) is 11.1 Å². The Morgan fingerprint density at radius 2 is 1.89 bits per heavy atom. The van der Waals surface area contributed by atoms with Crippen LogP contribution in [0.4, 0.5) is 0 Å². The van der Waals surface area contributed by atoms with Gasteiger partial charge in [0, 0.05) is 30.1 Å². The second kappa shape index (κ2) is 6.86. The van der Waals surface area contributed by atoms with Gasteiger partial charge in [0.05, 0.1) is 17.8 Å². The third kappa shape index (κ3) is 3.42. The molecule has 0 N–H and O–H groups in total. The van der Waals surface area contributed by atoms with Gasteiger partial charge in [-0.2, -0.15) is 0 Å². The lowest BCUT2D eigenvalue weighted by atomic mass is 9.97. The minimum absolute atomic E-state index is 0.0789. The predicted molar refractivity (Wildman–Crippen MR) is 106 cm³/mol. The molecule has 0 spiro atoms. The fraction of sp³-hybridized carbons (Fsp3) is 0.364. The van der Waals surface area contributed by atoms with Crippen LogP contribution in [0.15, 0.2) is 40.9 Å². The van der Waals surface area contributed by atoms with Gasteiger partial charge < -0.3 is 9.32 Å². The highest BCUT2D eigenvalue weighted by Gasteiger charge is 2.30. The van der Waals surface area contributed by atoms with Crippen LogP contribution < -0.4 is 0 Å². The number of rotatable bonds is 2. The van der Waals surface area contributed by atoms with Crippen molar-refractivity contribution in [1.29, 1.82) is 0 Å². The molecule has 0 fully saturated rings. The largest absolute Gasteiger partial charge is 0.445 e. The van der Waals surface area contributed by atoms with E-state index in [9.17, 15) is 4.79 Å². The zero-order valence-electron chi connectivity index (χ0n) is 16.7. The Kier molecular flexibility index (Phi) is 4.49. The number of nitrogens with zero attached hydrogens (tertiary/aromatic N) is 4. The lowest BCUT2D eigenvalue weighted by Crippen LogP contribution is -2.36. The normalized spacial score (nSPS) is 14.1. The smallest absolute Gasteiger partial charge is 0.258 e. The first-order chi connectivity index (χ1) is 13.3. The van der Waals surface area contributed by atoms with Crippen LogP contribution in [-0.2, 0) is 18.4 Å². The average Bonchev–Trinajstić information content (AvgIpc) is 3.12. The van der Waals surface area contributed by atoms with Crippen LogP contribution in [0.1, 0.15) is 54.3 Å². The maximum atomic E-state index is 13.3. The first-order valence-electron chi connectivity index (χ1n) is 9.50. The molecule has 0 bridgehead atoms. The summed E-state index contributed by atoms with van der Waals surface area (Å²) >= 11 is 0. The molecule has 3 heterocycles. The first kappa shape index (κ1) is 18.3. The van der Waals surface area contributed by atoms with Gasteiger partial charge in [-0.1, -0.05) is 51.1 Å². The van der Waals surface area contributed by atoms with Crippen molar-refractivity contribution in [3.8, 4) is 11.3 Å². The van der Waals surface area contributed by atoms with Crippen molar-refractivity contribution < 1.29 is 9.21 Å². The molecule has 0 atom stereocenters. The van der Waals surface area contributed by atoms with E-state index in [0.29, 0.717) is 36.6 Å². The van der Waals surface area contributed by atoms with Crippen LogP contribution in [0.3, 0.4) is 0 Å². The van der Waals surface area contributed by atoms with Crippen LogP contribution in [0.5, 0.6) is 0 Å². The number of hydrogen-bond acceptors (Lipinski definition) is 5. The minimum atomic E-state index is -0.155. The summed E-state index contributed by atoms with van der Waals surface area (Å²) in [6.45, 7) is 9.08. The molecule has 0 aliphatic carbocycles. The van der Waals surface area contributed by atoms with Gasteiger partial charge >= 0.3 is 0 Å². The Hall–Kier alpha value is -3.02. The van der Waals surface area contributed by atoms with Crippen LogP contribution in [0, 0.1) is 6.92 Å². The van der Waals surface area contributed by atoms with Gasteiger partial charge in [0.25, 0.3) is 5.91 Å². The number of fused-ring (bicyclic) bond motifs is 1. The van der Waals surface area contributed by atoms with Crippen LogP contribution in [-0.4, -0.2) is 32.3 Å². The molecule has 6 nitrogen and oxygen atoms in total. The Balaban J connectivity index is 1.65. The number of aryl methyl sites for hydroxylation is 1. The van der Waals surface area contributed by atoms with E-state index in [1.807, 2.05) is 37.3 Å². The summed E-state index contributed by atoms with van der Waals surface area (Å²) in [6.07, 6.45) is 2.30. The molecule has 1 aromatic carbocycles. The summed E-state index contributed by atoms with van der Waals surface area (Å²) in [5.74, 6) is 2.17. The predicted octanol–water partition coefficient (Wildman–Crippen LogP) is 3.94. The first-order valence-corrected chi connectivity index (χ1v) is 9.50. The molecule has 0 unspecified atom stereocenters. The highest BCUT2D eigenvalue weighted by atomic mass is 16.4. The Bertz CT molecular complexity index is 1020. The molecule has 2 aromatic heterocycles. The second-order valence-electron chi connectivity index (χ2n) is 8.16. The number of aromatic nitrogens is 3. The molecule has 0 saturated carbocycles. The molecule has 6 heteroatoms. The van der Waals surface area contributed by atoms with E-state index in [1.165, 1.54) is 0 Å². The standard InChI is InChI=1S/C22H24N4O2/c1-14-23-12-16(19(24-14)15-8-6-5-7-9-15)20(27)26-11-10-18-17(13-26)25-21(28-18)22(2,3)4/h5-9,12H,10-11,13H2,1-4H3. The lowest BCUT2D eigenvalue weighted by Gasteiger charge is -2.26. The zero-order valence-corrected chi connectivity index (χ0v) is 16.7. The van der Waals surface area contributed by atoms with Crippen molar-refractivity contribution in [2.45, 2.75) is 46.1 Å². The summed E-state index contributed by atoms with van der Waals surface area (Å²) in [7, 11) is 0. The molecule has 0 radical (unpaired) electrons. The van der Waals surface area contributed by atoms with Crippen molar-refractivity contribution >= 4 is 5.91 Å². The van der Waals surface area contributed by atoms with Gasteiger partial charge in [-0.25, -0.2) is 15.0 Å². The molecule has 1 aliphatic rings. The van der Waals surface area contributed by atoms with Gasteiger partial charge in [-0.3, -0.25) is 4.79 Å². The van der Waals surface area contributed by atoms with Gasteiger partial charge in [0.15, 0.2) is 5.89 Å². The highest BCUT2D eigenvalue weighted by molar-refractivity contribution is 5.99. The Morgan fingerprint density at radius 3 is 2.61 bits per heavy atom. The molecular formula is C22H24N4O2. The van der Waals surface area contributed by atoms with E-state index >= 15 is 0 Å². The lowest BCUT2D eigenvalue weighted by molar-refractivity contribution is 0.0727. The summed E-state index contributed by atoms with van der Waals surface area (Å²) in [5.41, 5.74) is 2.78. The van der Waals surface area contributed by atoms with Gasteiger partial charge in [-0.15, -0.1) is 0 Å². The minimum Gasteiger partial charge on any atom is -0.445 e. The maximum Gasteiger partial charge on any atom is 0.258 e. The molecule has 1 aliphatic heterocycles. The van der Waals surface area contributed by atoms with Crippen LogP contribution >= 0.6 is 0 Å². The molecule has 28 heavy (non-hydrogen) atoms. The van der Waals surface area contributed by atoms with Gasteiger partial charge in [0.2, 0.25) is 0 Å². The summed E-state index contributed by atoms with van der Waals surface area (Å²) in [5, 5.41) is 0. The van der Waals surface area contributed by atoms with E-state index in [4.69, 9.17) is 4.42 Å². The third-order valence-corrected chi connectivity index (χ3v) is 4.84. The molecule has 0 saturated heterocycles. The van der Waals surface area contributed by atoms with Crippen molar-refractivity contribution in [1.82, 2.24) is 19.9 Å². The summed E-state index contributed by atoms with van der Waals surface area (Å²) in [6, 6.07) is 9.75. The number of amides is 1. The van der Waals surface area contributed by atoms with Gasteiger partial charge in [0.1, 0.15) is 17.3 Å². The number of benzene rings is 1. The summed E-state index contributed by atoms with van der Waals surface area (Å²) < 4.78 is 5.94. The molecule has 3 aromatic rings. The summed E-state index contributed by atoms with van der Waals surface area (Å²) in [4.78, 5) is 28.6. The monoisotopic (exact) mass is 376 g/mol. The second-order valence-corrected chi connectivity index (χ2v) is 8.16.